The Bertz CT molecular complexity index is 1040. The van der Waals surface area contributed by atoms with Crippen molar-refractivity contribution >= 4 is 22.7 Å². The van der Waals surface area contributed by atoms with Gasteiger partial charge in [0.05, 0.1) is 19.4 Å². The molecule has 1 unspecified atom stereocenters. The van der Waals surface area contributed by atoms with E-state index in [-0.39, 0.29) is 0 Å². The van der Waals surface area contributed by atoms with Gasteiger partial charge in [0, 0.05) is 5.56 Å². The maximum absolute atomic E-state index is 12.4. The lowest BCUT2D eigenvalue weighted by atomic mass is 10.2. The molecule has 0 bridgehead atoms. The second kappa shape index (κ2) is 4.72. The number of amidine groups is 1. The molecule has 0 spiro atoms. The SMILES string of the molecule is [2H]c1c([2H])c([2H])c(C2=NN(c3c([2H])c([2H])c([2H])c([2H])c3[2H])S([O])=N2)c([2H])c1[2H]. The zero-order valence-electron chi connectivity index (χ0n) is 18.7. The van der Waals surface area contributed by atoms with Gasteiger partial charge in [0.25, 0.3) is 0 Å². The molecule has 0 saturated heterocycles. The van der Waals surface area contributed by atoms with Crippen LogP contribution in [0.25, 0.3) is 0 Å². The first kappa shape index (κ1) is 4.60. The minimum absolute atomic E-state index is 0.408. The van der Waals surface area contributed by atoms with Gasteiger partial charge in [-0.2, -0.15) is 8.78 Å². The molecule has 0 aliphatic carbocycles. The molecule has 0 N–H and O–H groups in total. The van der Waals surface area contributed by atoms with E-state index in [4.69, 9.17) is 13.7 Å². The predicted octanol–water partition coefficient (Wildman–Crippen LogP) is 2.93. The number of hydrogen-bond acceptors (Lipinski definition) is 3. The van der Waals surface area contributed by atoms with E-state index in [1.165, 1.54) is 0 Å². The monoisotopic (exact) mass is 266 g/mol. The van der Waals surface area contributed by atoms with E-state index in [2.05, 4.69) is 9.46 Å². The lowest BCUT2D eigenvalue weighted by Crippen LogP contribution is -2.13. The molecule has 4 nitrogen and oxygen atoms in total. The minimum atomic E-state index is -2.37. The summed E-state index contributed by atoms with van der Waals surface area (Å²) in [5.74, 6) is -0.470. The van der Waals surface area contributed by atoms with Gasteiger partial charge >= 0.3 is 0 Å². The van der Waals surface area contributed by atoms with Crippen molar-refractivity contribution in [3.05, 3.63) is 66.0 Å². The van der Waals surface area contributed by atoms with Gasteiger partial charge in [-0.05, 0) is 12.1 Å². The molecule has 0 amide bonds. The Morgan fingerprint density at radius 2 is 1.61 bits per heavy atom. The Hall–Kier alpha value is -1.98. The molecule has 18 heavy (non-hydrogen) atoms. The Balaban J connectivity index is 2.24. The van der Waals surface area contributed by atoms with Crippen LogP contribution in [-0.4, -0.2) is 5.84 Å². The fourth-order valence-corrected chi connectivity index (χ4v) is 1.92. The first-order valence-electron chi connectivity index (χ1n) is 9.65. The topological polar surface area (TPSA) is 47.9 Å². The third kappa shape index (κ3) is 2.05. The Morgan fingerprint density at radius 3 is 2.28 bits per heavy atom. The molecule has 0 aromatic heterocycles. The molecule has 1 radical (unpaired) electrons. The highest BCUT2D eigenvalue weighted by Crippen LogP contribution is 2.22. The third-order valence-electron chi connectivity index (χ3n) is 1.90. The van der Waals surface area contributed by atoms with E-state index in [1.807, 2.05) is 0 Å². The summed E-state index contributed by atoms with van der Waals surface area (Å²) in [5, 5.41) is 3.82. The fourth-order valence-electron chi connectivity index (χ4n) is 1.18. The van der Waals surface area contributed by atoms with Gasteiger partial charge in [0.15, 0.2) is 17.0 Å². The van der Waals surface area contributed by atoms with Crippen LogP contribution in [-0.2, 0) is 15.7 Å². The number of nitrogens with zero attached hydrogens (tertiary/aromatic N) is 3. The van der Waals surface area contributed by atoms with E-state index in [0.717, 1.165) is 0 Å². The number of hydrazone groups is 1. The number of rotatable bonds is 2. The highest BCUT2D eigenvalue weighted by Gasteiger charge is 2.20. The van der Waals surface area contributed by atoms with E-state index in [1.54, 1.807) is 0 Å². The Labute approximate surface area is 122 Å². The molecular weight excluding hydrogens is 246 g/mol. The van der Waals surface area contributed by atoms with Crippen LogP contribution in [0.4, 0.5) is 5.69 Å². The first-order valence-corrected chi connectivity index (χ1v) is 5.72. The molecule has 1 heterocycles. The van der Waals surface area contributed by atoms with Gasteiger partial charge in [-0.15, -0.1) is 9.65 Å². The van der Waals surface area contributed by atoms with Crippen molar-refractivity contribution < 1.29 is 18.3 Å². The Morgan fingerprint density at radius 1 is 1.00 bits per heavy atom. The van der Waals surface area contributed by atoms with Gasteiger partial charge in [-0.25, -0.2) is 0 Å². The molecule has 2 aromatic rings. The van der Waals surface area contributed by atoms with Gasteiger partial charge in [-0.1, -0.05) is 48.3 Å². The largest absolute Gasteiger partial charge is 0.199 e. The number of anilines is 1. The molecule has 1 atom stereocenters. The minimum Gasteiger partial charge on any atom is -0.169 e. The first-order chi connectivity index (χ1) is 13.0. The van der Waals surface area contributed by atoms with Crippen molar-refractivity contribution in [1.29, 1.82) is 0 Å². The molecule has 3 rings (SSSR count). The smallest absolute Gasteiger partial charge is 0.169 e. The Kier molecular flexibility index (Phi) is 1.21. The van der Waals surface area contributed by atoms with E-state index in [0.29, 0.717) is 4.41 Å². The summed E-state index contributed by atoms with van der Waals surface area (Å²) in [6, 6.07) is -6.44. The average Bonchev–Trinajstić information content (AvgIpc) is 3.02. The number of para-hydroxylation sites is 1. The predicted molar refractivity (Wildman–Crippen MR) is 72.4 cm³/mol. The number of benzene rings is 2. The van der Waals surface area contributed by atoms with Crippen LogP contribution in [0.5, 0.6) is 0 Å². The molecule has 1 aliphatic heterocycles. The van der Waals surface area contributed by atoms with Gasteiger partial charge in [-0.3, -0.25) is 0 Å². The quantitative estimate of drug-likeness (QED) is 0.824. The second-order valence-electron chi connectivity index (χ2n) is 2.99. The zero-order valence-corrected chi connectivity index (χ0v) is 9.47. The van der Waals surface area contributed by atoms with Crippen molar-refractivity contribution in [2.24, 2.45) is 9.46 Å². The summed E-state index contributed by atoms with van der Waals surface area (Å²) in [6.45, 7) is 0. The highest BCUT2D eigenvalue weighted by molar-refractivity contribution is 7.83. The maximum atomic E-state index is 12.4. The van der Waals surface area contributed by atoms with E-state index >= 15 is 0 Å². The fraction of sp³-hybridized carbons (Fsp3) is 0. The maximum Gasteiger partial charge on any atom is 0.199 e. The molecule has 5 heteroatoms. The van der Waals surface area contributed by atoms with Gasteiger partial charge in [0.2, 0.25) is 0 Å². The molecule has 0 fully saturated rings. The molecule has 0 saturated carbocycles. The van der Waals surface area contributed by atoms with Crippen molar-refractivity contribution in [2.45, 2.75) is 0 Å². The molecule has 2 aromatic carbocycles. The van der Waals surface area contributed by atoms with Crippen LogP contribution < -0.4 is 4.41 Å². The summed E-state index contributed by atoms with van der Waals surface area (Å²) in [6.07, 6.45) is 0. The molecular formula is C13H10N3OS. The van der Waals surface area contributed by atoms with E-state index < -0.39 is 88.7 Å². The van der Waals surface area contributed by atoms with Crippen molar-refractivity contribution in [3.63, 3.8) is 0 Å². The molecule has 89 valence electrons. The lowest BCUT2D eigenvalue weighted by Gasteiger charge is -2.10. The normalized spacial score (nSPS) is 26.2. The molecule has 1 aliphatic rings. The van der Waals surface area contributed by atoms with Gasteiger partial charge < -0.3 is 0 Å². The number of hydrogen-bond donors (Lipinski definition) is 0. The van der Waals surface area contributed by atoms with Crippen LogP contribution in [0.3, 0.4) is 0 Å². The lowest BCUT2D eigenvalue weighted by molar-refractivity contribution is 0.517. The summed E-state index contributed by atoms with van der Waals surface area (Å²) in [7, 11) is 0. The summed E-state index contributed by atoms with van der Waals surface area (Å²) >= 11 is -2.37. The summed E-state index contributed by atoms with van der Waals surface area (Å²) in [4.78, 5) is 0. The van der Waals surface area contributed by atoms with Crippen molar-refractivity contribution in [3.8, 4) is 0 Å². The average molecular weight is 266 g/mol. The van der Waals surface area contributed by atoms with Crippen LogP contribution in [0.15, 0.2) is 69.9 Å². The van der Waals surface area contributed by atoms with Crippen LogP contribution in [0, 0.1) is 0 Å². The van der Waals surface area contributed by atoms with E-state index in [9.17, 15) is 4.55 Å². The van der Waals surface area contributed by atoms with Crippen LogP contribution in [0.1, 0.15) is 19.3 Å². The highest BCUT2D eigenvalue weighted by atomic mass is 32.2. The van der Waals surface area contributed by atoms with Crippen LogP contribution in [0.2, 0.25) is 0 Å². The van der Waals surface area contributed by atoms with Crippen molar-refractivity contribution in [2.75, 3.05) is 4.41 Å². The standard InChI is InChI=1S/C13H10N3OS/c17-18-15-13(11-7-3-1-4-8-11)14-16(18)12-9-5-2-6-10-12/h1-10H/i1D,2D,3D,4D,5D,6D,7D,8D,9D,10D. The summed E-state index contributed by atoms with van der Waals surface area (Å²) < 4.78 is 94.3. The second-order valence-corrected chi connectivity index (χ2v) is 3.98. The van der Waals surface area contributed by atoms with Crippen molar-refractivity contribution in [1.82, 2.24) is 0 Å². The zero-order chi connectivity index (χ0) is 21.1. The van der Waals surface area contributed by atoms with Crippen LogP contribution >= 0.6 is 0 Å². The third-order valence-corrected chi connectivity index (χ3v) is 2.79. The summed E-state index contributed by atoms with van der Waals surface area (Å²) in [5.41, 5.74) is -0.912. The van der Waals surface area contributed by atoms with Gasteiger partial charge in [0.1, 0.15) is 0 Å².